The van der Waals surface area contributed by atoms with Crippen LogP contribution in [0, 0.1) is 17.2 Å². The van der Waals surface area contributed by atoms with E-state index in [0.717, 1.165) is 25.2 Å². The average Bonchev–Trinajstić information content (AvgIpc) is 2.74. The van der Waals surface area contributed by atoms with Gasteiger partial charge in [0.2, 0.25) is 0 Å². The zero-order valence-electron chi connectivity index (χ0n) is 9.68. The van der Waals surface area contributed by atoms with Crippen LogP contribution >= 0.6 is 0 Å². The van der Waals surface area contributed by atoms with Gasteiger partial charge in [0.15, 0.2) is 0 Å². The second-order valence-corrected chi connectivity index (χ2v) is 4.49. The van der Waals surface area contributed by atoms with Crippen LogP contribution in [0.2, 0.25) is 0 Å². The van der Waals surface area contributed by atoms with Gasteiger partial charge in [-0.05, 0) is 30.5 Å². The van der Waals surface area contributed by atoms with Crippen LogP contribution in [0.4, 0.5) is 5.69 Å². The van der Waals surface area contributed by atoms with Crippen molar-refractivity contribution in [2.45, 2.75) is 13.3 Å². The number of carboxylic acid groups (broad SMARTS) is 1. The van der Waals surface area contributed by atoms with Crippen LogP contribution < -0.4 is 4.90 Å². The Morgan fingerprint density at radius 2 is 2.35 bits per heavy atom. The number of nitriles is 1. The van der Waals surface area contributed by atoms with Gasteiger partial charge in [0.25, 0.3) is 0 Å². The molecule has 88 valence electrons. The monoisotopic (exact) mass is 230 g/mol. The molecule has 1 aromatic rings. The van der Waals surface area contributed by atoms with E-state index in [-0.39, 0.29) is 5.56 Å². The molecule has 1 unspecified atom stereocenters. The lowest BCUT2D eigenvalue weighted by Gasteiger charge is -2.19. The molecule has 1 aromatic carbocycles. The van der Waals surface area contributed by atoms with Crippen molar-refractivity contribution in [3.8, 4) is 6.07 Å². The maximum Gasteiger partial charge on any atom is 0.335 e. The Hall–Kier alpha value is -2.02. The summed E-state index contributed by atoms with van der Waals surface area (Å²) < 4.78 is 0. The van der Waals surface area contributed by atoms with Crippen molar-refractivity contribution >= 4 is 11.7 Å². The topological polar surface area (TPSA) is 64.3 Å². The first-order valence-electron chi connectivity index (χ1n) is 5.64. The van der Waals surface area contributed by atoms with Gasteiger partial charge in [0, 0.05) is 13.1 Å². The molecule has 2 rings (SSSR count). The fraction of sp³-hybridized carbons (Fsp3) is 0.385. The molecule has 1 heterocycles. The standard InChI is InChI=1S/C13H14N2O2/c1-9-4-5-15(8-9)12-3-2-10(13(16)17)6-11(12)7-14/h2-3,6,9H,4-5,8H2,1H3,(H,16,17). The van der Waals surface area contributed by atoms with E-state index < -0.39 is 5.97 Å². The molecule has 0 radical (unpaired) electrons. The van der Waals surface area contributed by atoms with Crippen molar-refractivity contribution in [3.05, 3.63) is 29.3 Å². The van der Waals surface area contributed by atoms with Gasteiger partial charge in [0.05, 0.1) is 16.8 Å². The fourth-order valence-corrected chi connectivity index (χ4v) is 2.19. The van der Waals surface area contributed by atoms with Gasteiger partial charge >= 0.3 is 5.97 Å². The van der Waals surface area contributed by atoms with Gasteiger partial charge < -0.3 is 10.0 Å². The number of hydrogen-bond donors (Lipinski definition) is 1. The van der Waals surface area contributed by atoms with Crippen LogP contribution in [0.25, 0.3) is 0 Å². The van der Waals surface area contributed by atoms with Crippen LogP contribution in [0.1, 0.15) is 29.3 Å². The zero-order chi connectivity index (χ0) is 12.4. The number of anilines is 1. The Morgan fingerprint density at radius 1 is 1.59 bits per heavy atom. The molecule has 1 fully saturated rings. The number of carboxylic acids is 1. The van der Waals surface area contributed by atoms with Crippen LogP contribution in [-0.4, -0.2) is 24.2 Å². The molecule has 17 heavy (non-hydrogen) atoms. The summed E-state index contributed by atoms with van der Waals surface area (Å²) in [6, 6.07) is 6.82. The smallest absolute Gasteiger partial charge is 0.335 e. The molecule has 0 amide bonds. The minimum Gasteiger partial charge on any atom is -0.478 e. The molecule has 0 spiro atoms. The minimum atomic E-state index is -0.997. The van der Waals surface area contributed by atoms with Gasteiger partial charge in [-0.3, -0.25) is 0 Å². The molecule has 4 heteroatoms. The van der Waals surface area contributed by atoms with Crippen molar-refractivity contribution in [2.75, 3.05) is 18.0 Å². The van der Waals surface area contributed by atoms with E-state index >= 15 is 0 Å². The van der Waals surface area contributed by atoms with E-state index in [1.54, 1.807) is 12.1 Å². The number of nitrogens with zero attached hydrogens (tertiary/aromatic N) is 2. The summed E-state index contributed by atoms with van der Waals surface area (Å²) in [5.74, 6) is -0.372. The van der Waals surface area contributed by atoms with E-state index in [4.69, 9.17) is 10.4 Å². The summed E-state index contributed by atoms with van der Waals surface area (Å²) in [6.45, 7) is 4.04. The van der Waals surface area contributed by atoms with Crippen LogP contribution in [-0.2, 0) is 0 Å². The largest absolute Gasteiger partial charge is 0.478 e. The third-order valence-electron chi connectivity index (χ3n) is 3.13. The third-order valence-corrected chi connectivity index (χ3v) is 3.13. The molecule has 1 saturated heterocycles. The fourth-order valence-electron chi connectivity index (χ4n) is 2.19. The summed E-state index contributed by atoms with van der Waals surface area (Å²) in [7, 11) is 0. The predicted octanol–water partition coefficient (Wildman–Crippen LogP) is 2.10. The molecule has 1 atom stereocenters. The molecule has 0 bridgehead atoms. The summed E-state index contributed by atoms with van der Waals surface area (Å²) in [5.41, 5.74) is 1.46. The Labute approximate surface area is 100 Å². The second kappa shape index (κ2) is 4.46. The zero-order valence-corrected chi connectivity index (χ0v) is 9.68. The first kappa shape index (κ1) is 11.5. The summed E-state index contributed by atoms with van der Waals surface area (Å²) in [6.07, 6.45) is 1.12. The van der Waals surface area contributed by atoms with Gasteiger partial charge in [-0.1, -0.05) is 6.92 Å². The van der Waals surface area contributed by atoms with Crippen LogP contribution in [0.5, 0.6) is 0 Å². The van der Waals surface area contributed by atoms with Gasteiger partial charge in [0.1, 0.15) is 6.07 Å². The van der Waals surface area contributed by atoms with Crippen molar-refractivity contribution in [2.24, 2.45) is 5.92 Å². The lowest BCUT2D eigenvalue weighted by molar-refractivity contribution is 0.0697. The highest BCUT2D eigenvalue weighted by Crippen LogP contribution is 2.27. The number of benzene rings is 1. The predicted molar refractivity (Wildman–Crippen MR) is 64.1 cm³/mol. The van der Waals surface area contributed by atoms with E-state index in [1.807, 2.05) is 0 Å². The summed E-state index contributed by atoms with van der Waals surface area (Å²) in [4.78, 5) is 13.0. The van der Waals surface area contributed by atoms with Crippen molar-refractivity contribution in [1.82, 2.24) is 0 Å². The molecular weight excluding hydrogens is 216 g/mol. The maximum absolute atomic E-state index is 10.8. The summed E-state index contributed by atoms with van der Waals surface area (Å²) in [5, 5.41) is 18.0. The van der Waals surface area contributed by atoms with Crippen LogP contribution in [0.15, 0.2) is 18.2 Å². The highest BCUT2D eigenvalue weighted by Gasteiger charge is 2.21. The highest BCUT2D eigenvalue weighted by molar-refractivity contribution is 5.89. The minimum absolute atomic E-state index is 0.164. The highest BCUT2D eigenvalue weighted by atomic mass is 16.4. The summed E-state index contributed by atoms with van der Waals surface area (Å²) >= 11 is 0. The molecular formula is C13H14N2O2. The number of aromatic carboxylic acids is 1. The Bertz CT molecular complexity index is 491. The molecule has 0 aromatic heterocycles. The quantitative estimate of drug-likeness (QED) is 0.845. The van der Waals surface area contributed by atoms with Crippen molar-refractivity contribution < 1.29 is 9.90 Å². The Kier molecular flexibility index (Phi) is 3.01. The van der Waals surface area contributed by atoms with E-state index in [1.165, 1.54) is 6.07 Å². The van der Waals surface area contributed by atoms with E-state index in [2.05, 4.69) is 17.9 Å². The first-order chi connectivity index (χ1) is 8.11. The molecule has 0 saturated carbocycles. The van der Waals surface area contributed by atoms with E-state index in [9.17, 15) is 4.79 Å². The van der Waals surface area contributed by atoms with Crippen molar-refractivity contribution in [1.29, 1.82) is 5.26 Å². The third kappa shape index (κ3) is 2.23. The lowest BCUT2D eigenvalue weighted by atomic mass is 10.1. The van der Waals surface area contributed by atoms with Gasteiger partial charge in [-0.25, -0.2) is 4.79 Å². The van der Waals surface area contributed by atoms with Gasteiger partial charge in [-0.15, -0.1) is 0 Å². The molecule has 0 aliphatic carbocycles. The SMILES string of the molecule is CC1CCN(c2ccc(C(=O)O)cc2C#N)C1. The van der Waals surface area contributed by atoms with E-state index in [0.29, 0.717) is 11.5 Å². The van der Waals surface area contributed by atoms with Crippen LogP contribution in [0.3, 0.4) is 0 Å². The second-order valence-electron chi connectivity index (χ2n) is 4.49. The maximum atomic E-state index is 10.8. The first-order valence-corrected chi connectivity index (χ1v) is 5.64. The Balaban J connectivity index is 2.35. The molecule has 1 N–H and O–H groups in total. The lowest BCUT2D eigenvalue weighted by Crippen LogP contribution is -2.20. The van der Waals surface area contributed by atoms with Crippen molar-refractivity contribution in [3.63, 3.8) is 0 Å². The average molecular weight is 230 g/mol. The number of hydrogen-bond acceptors (Lipinski definition) is 3. The number of carbonyl (C=O) groups is 1. The molecule has 1 aliphatic rings. The normalized spacial score (nSPS) is 19.1. The number of rotatable bonds is 2. The van der Waals surface area contributed by atoms with Gasteiger partial charge in [-0.2, -0.15) is 5.26 Å². The molecule has 1 aliphatic heterocycles. The molecule has 4 nitrogen and oxygen atoms in total. The Morgan fingerprint density at radius 3 is 2.88 bits per heavy atom.